The molecule has 1 aliphatic rings. The predicted octanol–water partition coefficient (Wildman–Crippen LogP) is 7.55. The number of benzene rings is 3. The molecule has 0 radical (unpaired) electrons. The van der Waals surface area contributed by atoms with Crippen molar-refractivity contribution in [2.45, 2.75) is 76.9 Å². The largest absolute Gasteiger partial charge is 0.494 e. The normalized spacial score (nSPS) is 14.4. The van der Waals surface area contributed by atoms with Crippen molar-refractivity contribution in [1.29, 1.82) is 0 Å². The number of carbonyl (C=O) groups is 2. The van der Waals surface area contributed by atoms with Gasteiger partial charge in [-0.3, -0.25) is 9.59 Å². The first-order chi connectivity index (χ1) is 19.4. The molecule has 0 saturated heterocycles. The van der Waals surface area contributed by atoms with Gasteiger partial charge in [0.25, 0.3) is 0 Å². The molecule has 0 aliphatic heterocycles. The number of nitrogens with one attached hydrogen (secondary N) is 1. The predicted molar refractivity (Wildman–Crippen MR) is 162 cm³/mol. The van der Waals surface area contributed by atoms with Crippen molar-refractivity contribution in [3.05, 3.63) is 99.5 Å². The number of amides is 2. The molecule has 1 saturated carbocycles. The van der Waals surface area contributed by atoms with Gasteiger partial charge in [0, 0.05) is 41.0 Å². The van der Waals surface area contributed by atoms with Gasteiger partial charge in [0.05, 0.1) is 6.61 Å². The zero-order valence-corrected chi connectivity index (χ0v) is 24.6. The van der Waals surface area contributed by atoms with Crippen molar-refractivity contribution in [2.24, 2.45) is 0 Å². The van der Waals surface area contributed by atoms with Crippen molar-refractivity contribution >= 4 is 35.0 Å². The highest BCUT2D eigenvalue weighted by Gasteiger charge is 2.32. The molecule has 212 valence electrons. The highest BCUT2D eigenvalue weighted by molar-refractivity contribution is 6.36. The fourth-order valence-electron chi connectivity index (χ4n) is 5.14. The molecule has 3 aromatic carbocycles. The maximum Gasteiger partial charge on any atom is 0.243 e. The van der Waals surface area contributed by atoms with Crippen LogP contribution in [0.15, 0.2) is 72.8 Å². The van der Waals surface area contributed by atoms with E-state index in [4.69, 9.17) is 27.9 Å². The van der Waals surface area contributed by atoms with Crippen LogP contribution in [-0.4, -0.2) is 35.4 Å². The minimum atomic E-state index is -0.706. The summed E-state index contributed by atoms with van der Waals surface area (Å²) in [6.45, 7) is 2.57. The van der Waals surface area contributed by atoms with Crippen LogP contribution in [0.3, 0.4) is 0 Å². The summed E-state index contributed by atoms with van der Waals surface area (Å²) in [5, 5.41) is 4.20. The summed E-state index contributed by atoms with van der Waals surface area (Å²) in [6.07, 6.45) is 6.47. The maximum atomic E-state index is 13.9. The Morgan fingerprint density at radius 2 is 1.60 bits per heavy atom. The molecule has 3 aromatic rings. The molecule has 1 aliphatic carbocycles. The lowest BCUT2D eigenvalue weighted by atomic mass is 9.94. The maximum absolute atomic E-state index is 13.9. The van der Waals surface area contributed by atoms with E-state index in [0.717, 1.165) is 42.6 Å². The molecule has 0 bridgehead atoms. The Morgan fingerprint density at radius 3 is 2.27 bits per heavy atom. The Bertz CT molecular complexity index is 1220. The molecule has 0 heterocycles. The molecule has 2 amide bonds. The van der Waals surface area contributed by atoms with Gasteiger partial charge < -0.3 is 15.0 Å². The van der Waals surface area contributed by atoms with Gasteiger partial charge >= 0.3 is 0 Å². The molecule has 0 unspecified atom stereocenters. The molecular formula is C33H38Cl2N2O3. The van der Waals surface area contributed by atoms with Crippen LogP contribution >= 0.6 is 23.2 Å². The highest BCUT2D eigenvalue weighted by Crippen LogP contribution is 2.28. The van der Waals surface area contributed by atoms with Crippen molar-refractivity contribution in [1.82, 2.24) is 10.2 Å². The van der Waals surface area contributed by atoms with E-state index in [2.05, 4.69) is 5.32 Å². The van der Waals surface area contributed by atoms with Crippen LogP contribution in [0.4, 0.5) is 0 Å². The van der Waals surface area contributed by atoms with Crippen molar-refractivity contribution < 1.29 is 14.3 Å². The van der Waals surface area contributed by atoms with Crippen LogP contribution < -0.4 is 10.1 Å². The summed E-state index contributed by atoms with van der Waals surface area (Å²) in [4.78, 5) is 29.4. The molecular weight excluding hydrogens is 543 g/mol. The standard InChI is InChI=1S/C33H38Cl2N2O3/c1-24-17-19-27(20-18-24)40-21-9-16-32(38)37(23-28-29(34)14-8-15-30(28)35)31(22-25-10-4-2-5-11-25)33(39)36-26-12-6-3-7-13-26/h2,4-5,8,10-11,14-15,17-20,26,31H,3,6-7,9,12-13,16,21-23H2,1H3,(H,36,39)/t31-/m1/s1. The summed E-state index contributed by atoms with van der Waals surface area (Å²) in [5.74, 6) is 0.498. The van der Waals surface area contributed by atoms with Gasteiger partial charge in [-0.1, -0.05) is 96.6 Å². The molecule has 1 fully saturated rings. The van der Waals surface area contributed by atoms with Gasteiger partial charge in [-0.05, 0) is 56.0 Å². The topological polar surface area (TPSA) is 58.6 Å². The first-order valence-electron chi connectivity index (χ1n) is 14.2. The minimum Gasteiger partial charge on any atom is -0.494 e. The molecule has 5 nitrogen and oxygen atoms in total. The third-order valence-corrected chi connectivity index (χ3v) is 8.15. The number of aryl methyl sites for hydroxylation is 1. The Labute approximate surface area is 247 Å². The Morgan fingerprint density at radius 1 is 0.925 bits per heavy atom. The lowest BCUT2D eigenvalue weighted by Gasteiger charge is -2.34. The summed E-state index contributed by atoms with van der Waals surface area (Å²) in [7, 11) is 0. The zero-order chi connectivity index (χ0) is 28.3. The van der Waals surface area contributed by atoms with Gasteiger partial charge in [-0.2, -0.15) is 0 Å². The highest BCUT2D eigenvalue weighted by atomic mass is 35.5. The SMILES string of the molecule is Cc1ccc(OCCCC(=O)N(Cc2c(Cl)cccc2Cl)[C@H](Cc2ccccc2)C(=O)NC2CCCCC2)cc1. The van der Waals surface area contributed by atoms with Crippen LogP contribution in [0.2, 0.25) is 10.0 Å². The van der Waals surface area contributed by atoms with Crippen molar-refractivity contribution in [2.75, 3.05) is 6.61 Å². The fraction of sp³-hybridized carbons (Fsp3) is 0.394. The second kappa shape index (κ2) is 15.1. The van der Waals surface area contributed by atoms with Crippen LogP contribution in [0.25, 0.3) is 0 Å². The summed E-state index contributed by atoms with van der Waals surface area (Å²) in [6, 6.07) is 22.4. The van der Waals surface area contributed by atoms with Crippen LogP contribution in [0.5, 0.6) is 5.75 Å². The number of hydrogen-bond donors (Lipinski definition) is 1. The van der Waals surface area contributed by atoms with E-state index in [0.29, 0.717) is 35.1 Å². The molecule has 0 spiro atoms. The fourth-order valence-corrected chi connectivity index (χ4v) is 5.66. The third-order valence-electron chi connectivity index (χ3n) is 7.44. The number of carbonyl (C=O) groups excluding carboxylic acids is 2. The first kappa shape index (κ1) is 30.0. The summed E-state index contributed by atoms with van der Waals surface area (Å²) in [5.41, 5.74) is 2.78. The molecule has 40 heavy (non-hydrogen) atoms. The Kier molecular flexibility index (Phi) is 11.3. The smallest absolute Gasteiger partial charge is 0.243 e. The number of rotatable bonds is 12. The lowest BCUT2D eigenvalue weighted by molar-refractivity contribution is -0.141. The average molecular weight is 582 g/mol. The van der Waals surface area contributed by atoms with Crippen LogP contribution in [-0.2, 0) is 22.6 Å². The number of nitrogens with zero attached hydrogens (tertiary/aromatic N) is 1. The summed E-state index contributed by atoms with van der Waals surface area (Å²) < 4.78 is 5.86. The van der Waals surface area contributed by atoms with E-state index < -0.39 is 6.04 Å². The van der Waals surface area contributed by atoms with E-state index in [1.807, 2.05) is 61.5 Å². The van der Waals surface area contributed by atoms with Gasteiger partial charge in [-0.15, -0.1) is 0 Å². The van der Waals surface area contributed by atoms with E-state index in [1.54, 1.807) is 23.1 Å². The molecule has 7 heteroatoms. The quantitative estimate of drug-likeness (QED) is 0.225. The van der Waals surface area contributed by atoms with Crippen molar-refractivity contribution in [3.8, 4) is 5.75 Å². The second-order valence-electron chi connectivity index (χ2n) is 10.5. The monoisotopic (exact) mass is 580 g/mol. The molecule has 1 N–H and O–H groups in total. The zero-order valence-electron chi connectivity index (χ0n) is 23.1. The van der Waals surface area contributed by atoms with E-state index in [9.17, 15) is 9.59 Å². The second-order valence-corrected chi connectivity index (χ2v) is 11.4. The molecule has 0 aromatic heterocycles. The minimum absolute atomic E-state index is 0.128. The lowest BCUT2D eigenvalue weighted by Crippen LogP contribution is -2.52. The van der Waals surface area contributed by atoms with E-state index in [1.165, 1.54) is 6.42 Å². The van der Waals surface area contributed by atoms with Gasteiger partial charge in [0.15, 0.2) is 0 Å². The van der Waals surface area contributed by atoms with Gasteiger partial charge in [0.1, 0.15) is 11.8 Å². The van der Waals surface area contributed by atoms with Crippen LogP contribution in [0, 0.1) is 6.92 Å². The summed E-state index contributed by atoms with van der Waals surface area (Å²) >= 11 is 13.1. The van der Waals surface area contributed by atoms with E-state index in [-0.39, 0.29) is 30.8 Å². The number of ether oxygens (including phenoxy) is 1. The first-order valence-corrected chi connectivity index (χ1v) is 14.9. The molecule has 4 rings (SSSR count). The average Bonchev–Trinajstić information content (AvgIpc) is 2.96. The van der Waals surface area contributed by atoms with E-state index >= 15 is 0 Å². The van der Waals surface area contributed by atoms with Gasteiger partial charge in [0.2, 0.25) is 11.8 Å². The number of halogens is 2. The Hall–Kier alpha value is -3.02. The van der Waals surface area contributed by atoms with Gasteiger partial charge in [-0.25, -0.2) is 0 Å². The Balaban J connectivity index is 1.55. The van der Waals surface area contributed by atoms with Crippen molar-refractivity contribution in [3.63, 3.8) is 0 Å². The molecule has 1 atom stereocenters. The number of hydrogen-bond acceptors (Lipinski definition) is 3. The van der Waals surface area contributed by atoms with Crippen LogP contribution in [0.1, 0.15) is 61.6 Å². The third kappa shape index (κ3) is 8.74.